The van der Waals surface area contributed by atoms with Crippen LogP contribution in [-0.2, 0) is 4.74 Å². The Morgan fingerprint density at radius 3 is 2.50 bits per heavy atom. The molecule has 3 heterocycles. The topological polar surface area (TPSA) is 80.6 Å². The van der Waals surface area contributed by atoms with Crippen molar-refractivity contribution in [3.8, 4) is 5.69 Å². The van der Waals surface area contributed by atoms with Crippen molar-refractivity contribution < 1.29 is 14.3 Å². The normalized spacial score (nSPS) is 21.5. The number of ether oxygens (including phenoxy) is 1. The number of piperidine rings is 1. The molecule has 0 unspecified atom stereocenters. The predicted octanol–water partition coefficient (Wildman–Crippen LogP) is 2.90. The molecule has 0 bridgehead atoms. The number of aromatic nitrogens is 3. The Morgan fingerprint density at radius 2 is 1.83 bits per heavy atom. The maximum atomic E-state index is 13.2. The molecule has 4 rings (SSSR count). The highest BCUT2D eigenvalue weighted by Crippen LogP contribution is 2.33. The number of likely N-dealkylation sites (tertiary alicyclic amines) is 2. The van der Waals surface area contributed by atoms with Crippen molar-refractivity contribution in [1.29, 1.82) is 0 Å². The van der Waals surface area contributed by atoms with E-state index >= 15 is 0 Å². The quantitative estimate of drug-likeness (QED) is 0.759. The Morgan fingerprint density at radius 1 is 1.10 bits per heavy atom. The molecule has 30 heavy (non-hydrogen) atoms. The Labute approximate surface area is 176 Å². The van der Waals surface area contributed by atoms with Gasteiger partial charge < -0.3 is 14.5 Å². The molecule has 1 aromatic heterocycles. The number of aryl methyl sites for hydroxylation is 1. The fourth-order valence-electron chi connectivity index (χ4n) is 4.37. The van der Waals surface area contributed by atoms with Crippen LogP contribution in [0.2, 0.25) is 0 Å². The fourth-order valence-corrected chi connectivity index (χ4v) is 4.37. The van der Waals surface area contributed by atoms with E-state index in [9.17, 15) is 9.59 Å². The number of nitrogens with zero attached hydrogens (tertiary/aromatic N) is 5. The first-order chi connectivity index (χ1) is 14.2. The van der Waals surface area contributed by atoms with Crippen molar-refractivity contribution >= 4 is 12.0 Å². The second-order valence-corrected chi connectivity index (χ2v) is 9.28. The van der Waals surface area contributed by atoms with E-state index in [0.29, 0.717) is 43.6 Å². The van der Waals surface area contributed by atoms with E-state index in [1.807, 2.05) is 50.8 Å². The van der Waals surface area contributed by atoms with Crippen LogP contribution in [0.15, 0.2) is 30.9 Å². The number of carbonyl (C=O) groups is 2. The molecule has 0 aliphatic carbocycles. The Hall–Kier alpha value is -2.90. The zero-order valence-electron chi connectivity index (χ0n) is 18.0. The molecule has 0 N–H and O–H groups in total. The third kappa shape index (κ3) is 4.17. The molecule has 8 nitrogen and oxygen atoms in total. The molecule has 2 aliphatic rings. The maximum Gasteiger partial charge on any atom is 0.410 e. The highest BCUT2D eigenvalue weighted by atomic mass is 16.6. The van der Waals surface area contributed by atoms with Crippen LogP contribution in [0.25, 0.3) is 5.69 Å². The minimum absolute atomic E-state index is 0.0480. The molecule has 2 aromatic rings. The van der Waals surface area contributed by atoms with Crippen LogP contribution in [0.1, 0.15) is 43.1 Å². The van der Waals surface area contributed by atoms with Gasteiger partial charge in [-0.15, -0.1) is 0 Å². The molecule has 1 aromatic carbocycles. The largest absolute Gasteiger partial charge is 0.444 e. The van der Waals surface area contributed by atoms with Crippen molar-refractivity contribution in [2.75, 3.05) is 26.2 Å². The smallest absolute Gasteiger partial charge is 0.410 e. The lowest BCUT2D eigenvalue weighted by Crippen LogP contribution is -2.43. The summed E-state index contributed by atoms with van der Waals surface area (Å²) in [5.74, 6) is 0.772. The summed E-state index contributed by atoms with van der Waals surface area (Å²) in [7, 11) is 0. The van der Waals surface area contributed by atoms with Crippen molar-refractivity contribution in [2.24, 2.45) is 11.8 Å². The summed E-state index contributed by atoms with van der Waals surface area (Å²) < 4.78 is 7.20. The molecule has 160 valence electrons. The average molecular weight is 412 g/mol. The zero-order valence-corrected chi connectivity index (χ0v) is 18.0. The lowest BCUT2D eigenvalue weighted by atomic mass is 9.88. The van der Waals surface area contributed by atoms with E-state index in [-0.39, 0.29) is 12.0 Å². The van der Waals surface area contributed by atoms with Gasteiger partial charge in [0, 0.05) is 31.7 Å². The monoisotopic (exact) mass is 411 g/mol. The summed E-state index contributed by atoms with van der Waals surface area (Å²) in [6.07, 6.45) is 3.78. The third-order valence-corrected chi connectivity index (χ3v) is 5.86. The highest BCUT2D eigenvalue weighted by Gasteiger charge is 2.41. The van der Waals surface area contributed by atoms with E-state index in [1.165, 1.54) is 6.33 Å². The van der Waals surface area contributed by atoms with Gasteiger partial charge in [0.1, 0.15) is 18.3 Å². The number of carbonyl (C=O) groups excluding carboxylic acids is 2. The van der Waals surface area contributed by atoms with Gasteiger partial charge in [0.15, 0.2) is 0 Å². The van der Waals surface area contributed by atoms with Gasteiger partial charge in [-0.3, -0.25) is 4.79 Å². The first kappa shape index (κ1) is 20.4. The van der Waals surface area contributed by atoms with Gasteiger partial charge in [-0.05, 0) is 69.7 Å². The molecule has 2 atom stereocenters. The molecular weight excluding hydrogens is 382 g/mol. The molecule has 8 heteroatoms. The predicted molar refractivity (Wildman–Crippen MR) is 111 cm³/mol. The number of hydrogen-bond acceptors (Lipinski definition) is 5. The lowest BCUT2D eigenvalue weighted by Gasteiger charge is -2.34. The van der Waals surface area contributed by atoms with E-state index in [1.54, 1.807) is 15.9 Å². The van der Waals surface area contributed by atoms with Crippen LogP contribution in [0.5, 0.6) is 0 Å². The average Bonchev–Trinajstić information content (AvgIpc) is 3.35. The maximum absolute atomic E-state index is 13.2. The standard InChI is InChI=1S/C22H29N5O3/c1-15-9-18(27-14-23-13-24-27)5-6-19(15)20(28)25-8-7-16-10-26(12-17(16)11-25)21(29)30-22(2,3)4/h5-6,9,13-14,16-17H,7-8,10-12H2,1-4H3/t16-,17-/m1/s1. The van der Waals surface area contributed by atoms with Crippen molar-refractivity contribution in [3.63, 3.8) is 0 Å². The van der Waals surface area contributed by atoms with E-state index < -0.39 is 5.60 Å². The van der Waals surface area contributed by atoms with E-state index in [4.69, 9.17) is 4.74 Å². The molecule has 2 amide bonds. The van der Waals surface area contributed by atoms with Crippen molar-refractivity contribution in [1.82, 2.24) is 24.6 Å². The van der Waals surface area contributed by atoms with Gasteiger partial charge in [-0.2, -0.15) is 5.10 Å². The third-order valence-electron chi connectivity index (χ3n) is 5.86. The van der Waals surface area contributed by atoms with E-state index in [2.05, 4.69) is 10.1 Å². The number of hydrogen-bond donors (Lipinski definition) is 0. The van der Waals surface area contributed by atoms with Crippen LogP contribution in [-0.4, -0.2) is 68.3 Å². The lowest BCUT2D eigenvalue weighted by molar-refractivity contribution is 0.0284. The number of benzene rings is 1. The first-order valence-corrected chi connectivity index (χ1v) is 10.4. The minimum Gasteiger partial charge on any atom is -0.444 e. The van der Waals surface area contributed by atoms with Gasteiger partial charge in [-0.1, -0.05) is 0 Å². The van der Waals surface area contributed by atoms with Crippen molar-refractivity contribution in [3.05, 3.63) is 42.0 Å². The van der Waals surface area contributed by atoms with Gasteiger partial charge in [0.05, 0.1) is 5.69 Å². The minimum atomic E-state index is -0.497. The zero-order chi connectivity index (χ0) is 21.5. The summed E-state index contributed by atoms with van der Waals surface area (Å²) in [6.45, 7) is 10.3. The van der Waals surface area contributed by atoms with Crippen LogP contribution in [0, 0.1) is 18.8 Å². The molecule has 2 saturated heterocycles. The van der Waals surface area contributed by atoms with Gasteiger partial charge in [0.25, 0.3) is 5.91 Å². The second kappa shape index (κ2) is 7.74. The summed E-state index contributed by atoms with van der Waals surface area (Å²) in [5, 5.41) is 4.14. The molecular formula is C22H29N5O3. The van der Waals surface area contributed by atoms with Crippen LogP contribution < -0.4 is 0 Å². The summed E-state index contributed by atoms with van der Waals surface area (Å²) in [6, 6.07) is 5.71. The van der Waals surface area contributed by atoms with Crippen LogP contribution in [0.4, 0.5) is 4.79 Å². The Bertz CT molecular complexity index is 935. The summed E-state index contributed by atoms with van der Waals surface area (Å²) in [5.41, 5.74) is 2.00. The molecule has 0 radical (unpaired) electrons. The van der Waals surface area contributed by atoms with Gasteiger partial charge in [0.2, 0.25) is 0 Å². The Balaban J connectivity index is 1.42. The Kier molecular flexibility index (Phi) is 5.26. The number of rotatable bonds is 2. The molecule has 0 saturated carbocycles. The molecule has 2 fully saturated rings. The number of fused-ring (bicyclic) bond motifs is 1. The fraction of sp³-hybridized carbons (Fsp3) is 0.545. The van der Waals surface area contributed by atoms with E-state index in [0.717, 1.165) is 17.7 Å². The van der Waals surface area contributed by atoms with Crippen LogP contribution >= 0.6 is 0 Å². The molecule has 2 aliphatic heterocycles. The molecule has 0 spiro atoms. The van der Waals surface area contributed by atoms with Gasteiger partial charge in [-0.25, -0.2) is 14.5 Å². The second-order valence-electron chi connectivity index (χ2n) is 9.28. The van der Waals surface area contributed by atoms with Crippen LogP contribution in [0.3, 0.4) is 0 Å². The summed E-state index contributed by atoms with van der Waals surface area (Å²) in [4.78, 5) is 33.3. The van der Waals surface area contributed by atoms with Gasteiger partial charge >= 0.3 is 6.09 Å². The summed E-state index contributed by atoms with van der Waals surface area (Å²) >= 11 is 0. The first-order valence-electron chi connectivity index (χ1n) is 10.4. The SMILES string of the molecule is Cc1cc(-n2cncn2)ccc1C(=O)N1CC[C@@H]2CN(C(=O)OC(C)(C)C)C[C@H]2C1. The highest BCUT2D eigenvalue weighted by molar-refractivity contribution is 5.96. The number of amides is 2. The van der Waals surface area contributed by atoms with Crippen molar-refractivity contribution in [2.45, 2.75) is 39.7 Å².